The lowest BCUT2D eigenvalue weighted by molar-refractivity contribution is 0.289. The number of fused-ring (bicyclic) bond motifs is 1. The summed E-state index contributed by atoms with van der Waals surface area (Å²) < 4.78 is 11.2. The van der Waals surface area contributed by atoms with Crippen LogP contribution in [0.5, 0.6) is 5.88 Å². The first-order valence-electron chi connectivity index (χ1n) is 12.1. The third-order valence-corrected chi connectivity index (χ3v) is 6.73. The highest BCUT2D eigenvalue weighted by molar-refractivity contribution is 5.40. The van der Waals surface area contributed by atoms with Crippen molar-refractivity contribution in [1.29, 1.82) is 0 Å². The highest BCUT2D eigenvalue weighted by Crippen LogP contribution is 2.37. The van der Waals surface area contributed by atoms with E-state index < -0.39 is 0 Å². The van der Waals surface area contributed by atoms with Gasteiger partial charge in [-0.15, -0.1) is 0 Å². The van der Waals surface area contributed by atoms with Crippen LogP contribution in [-0.4, -0.2) is 18.3 Å². The van der Waals surface area contributed by atoms with Crippen molar-refractivity contribution in [3.05, 3.63) is 82.1 Å². The molecule has 0 spiro atoms. The largest absolute Gasteiger partial charge is 0.476 e. The molecule has 0 fully saturated rings. The summed E-state index contributed by atoms with van der Waals surface area (Å²) in [4.78, 5) is 0. The Morgan fingerprint density at radius 1 is 1.03 bits per heavy atom. The van der Waals surface area contributed by atoms with Gasteiger partial charge >= 0.3 is 0 Å². The zero-order chi connectivity index (χ0) is 22.3. The van der Waals surface area contributed by atoms with Crippen LogP contribution in [0.15, 0.2) is 53.1 Å². The third kappa shape index (κ3) is 5.07. The van der Waals surface area contributed by atoms with Crippen molar-refractivity contribution in [2.45, 2.75) is 71.3 Å². The maximum atomic E-state index is 5.71. The first kappa shape index (κ1) is 22.6. The van der Waals surface area contributed by atoms with Gasteiger partial charge in [0.15, 0.2) is 0 Å². The Bertz CT molecular complexity index is 965. The zero-order valence-electron chi connectivity index (χ0n) is 19.7. The number of aromatic nitrogens is 1. The second-order valence-electron chi connectivity index (χ2n) is 8.92. The first-order valence-corrected chi connectivity index (χ1v) is 12.1. The summed E-state index contributed by atoms with van der Waals surface area (Å²) in [7, 11) is 0. The maximum absolute atomic E-state index is 5.71. The minimum Gasteiger partial charge on any atom is -0.476 e. The minimum atomic E-state index is 0.287. The lowest BCUT2D eigenvalue weighted by Gasteiger charge is -2.24. The molecule has 170 valence electrons. The second kappa shape index (κ2) is 10.8. The number of nitrogens with zero attached hydrogens (tertiary/aromatic N) is 1. The Morgan fingerprint density at radius 2 is 1.72 bits per heavy atom. The third-order valence-electron chi connectivity index (χ3n) is 6.73. The van der Waals surface area contributed by atoms with Gasteiger partial charge in [0, 0.05) is 18.4 Å². The number of nitrogens with one attached hydrogen (secondary N) is 1. The Hall–Kier alpha value is -2.59. The summed E-state index contributed by atoms with van der Waals surface area (Å²) in [6.07, 6.45) is 6.70. The van der Waals surface area contributed by atoms with E-state index in [9.17, 15) is 0 Å². The molecule has 0 saturated carbocycles. The van der Waals surface area contributed by atoms with Gasteiger partial charge in [0.2, 0.25) is 0 Å². The minimum absolute atomic E-state index is 0.287. The van der Waals surface area contributed by atoms with Gasteiger partial charge in [-0.25, -0.2) is 0 Å². The molecule has 32 heavy (non-hydrogen) atoms. The number of aryl methyl sites for hydroxylation is 3. The van der Waals surface area contributed by atoms with E-state index >= 15 is 0 Å². The number of rotatable bonds is 10. The van der Waals surface area contributed by atoms with Crippen LogP contribution in [0.1, 0.15) is 84.6 Å². The number of benzene rings is 2. The molecule has 4 rings (SSSR count). The van der Waals surface area contributed by atoms with E-state index in [1.807, 2.05) is 6.92 Å². The van der Waals surface area contributed by atoms with Crippen molar-refractivity contribution in [3.8, 4) is 5.88 Å². The predicted octanol–water partition coefficient (Wildman–Crippen LogP) is 6.66. The monoisotopic (exact) mass is 432 g/mol. The van der Waals surface area contributed by atoms with Gasteiger partial charge < -0.3 is 14.6 Å². The standard InChI is InChI=1S/C28H36N2O2/c1-4-31-28-27-25(17-11-18-26(27)32-30-28)29-19-10-9-16-24(22-14-7-5-12-20(22)2)23-15-8-6-13-21(23)3/h5-8,12-15,24-25,29H,4,9-11,16-19H2,1-3H3. The fourth-order valence-corrected chi connectivity index (χ4v) is 5.08. The van der Waals surface area contributed by atoms with Crippen LogP contribution in [0.3, 0.4) is 0 Å². The summed E-state index contributed by atoms with van der Waals surface area (Å²) in [6.45, 7) is 8.07. The molecule has 3 aromatic rings. The summed E-state index contributed by atoms with van der Waals surface area (Å²) in [5, 5.41) is 7.91. The van der Waals surface area contributed by atoms with E-state index in [0.717, 1.165) is 50.0 Å². The number of ether oxygens (including phenoxy) is 1. The lowest BCUT2D eigenvalue weighted by atomic mass is 9.83. The topological polar surface area (TPSA) is 47.3 Å². The van der Waals surface area contributed by atoms with Crippen LogP contribution in [0.2, 0.25) is 0 Å². The molecule has 0 bridgehead atoms. The molecule has 1 atom stereocenters. The van der Waals surface area contributed by atoms with Crippen LogP contribution in [-0.2, 0) is 6.42 Å². The number of hydrogen-bond donors (Lipinski definition) is 1. The van der Waals surface area contributed by atoms with Crippen LogP contribution >= 0.6 is 0 Å². The molecule has 1 aliphatic rings. The van der Waals surface area contributed by atoms with Gasteiger partial charge in [-0.3, -0.25) is 0 Å². The highest BCUT2D eigenvalue weighted by atomic mass is 16.5. The SMILES string of the molecule is CCOc1noc2c1C(NCCCCC(c1ccccc1C)c1ccccc1C)CCC2. The van der Waals surface area contributed by atoms with Gasteiger partial charge in [0.25, 0.3) is 5.88 Å². The average molecular weight is 433 g/mol. The van der Waals surface area contributed by atoms with E-state index in [2.05, 4.69) is 72.9 Å². The van der Waals surface area contributed by atoms with E-state index in [0.29, 0.717) is 18.4 Å². The fraction of sp³-hybridized carbons (Fsp3) is 0.464. The Kier molecular flexibility index (Phi) is 7.64. The van der Waals surface area contributed by atoms with Crippen molar-refractivity contribution in [1.82, 2.24) is 10.5 Å². The van der Waals surface area contributed by atoms with Gasteiger partial charge in [0.05, 0.1) is 12.2 Å². The molecule has 4 nitrogen and oxygen atoms in total. The van der Waals surface area contributed by atoms with Gasteiger partial charge in [-0.05, 0) is 80.4 Å². The molecule has 1 unspecified atom stereocenters. The van der Waals surface area contributed by atoms with E-state index in [-0.39, 0.29) is 6.04 Å². The fourth-order valence-electron chi connectivity index (χ4n) is 5.08. The molecule has 0 aliphatic heterocycles. The summed E-state index contributed by atoms with van der Waals surface area (Å²) >= 11 is 0. The van der Waals surface area contributed by atoms with Crippen molar-refractivity contribution in [3.63, 3.8) is 0 Å². The lowest BCUT2D eigenvalue weighted by Crippen LogP contribution is -2.26. The number of unbranched alkanes of at least 4 members (excludes halogenated alkanes) is 1. The molecular formula is C28H36N2O2. The molecule has 1 heterocycles. The molecule has 2 aromatic carbocycles. The maximum Gasteiger partial charge on any atom is 0.259 e. The van der Waals surface area contributed by atoms with Crippen LogP contribution in [0.25, 0.3) is 0 Å². The summed E-state index contributed by atoms with van der Waals surface area (Å²) in [6, 6.07) is 18.0. The zero-order valence-corrected chi connectivity index (χ0v) is 19.7. The van der Waals surface area contributed by atoms with Gasteiger partial charge in [-0.1, -0.05) is 55.0 Å². The average Bonchev–Trinajstić information content (AvgIpc) is 3.22. The molecule has 0 saturated heterocycles. The van der Waals surface area contributed by atoms with Crippen LogP contribution in [0, 0.1) is 13.8 Å². The van der Waals surface area contributed by atoms with E-state index in [4.69, 9.17) is 9.26 Å². The Morgan fingerprint density at radius 3 is 2.38 bits per heavy atom. The smallest absolute Gasteiger partial charge is 0.259 e. The molecule has 1 N–H and O–H groups in total. The molecule has 0 amide bonds. The molecular weight excluding hydrogens is 396 g/mol. The summed E-state index contributed by atoms with van der Waals surface area (Å²) in [5.41, 5.74) is 6.82. The second-order valence-corrected chi connectivity index (χ2v) is 8.92. The first-order chi connectivity index (χ1) is 15.7. The normalized spacial score (nSPS) is 15.7. The van der Waals surface area contributed by atoms with Crippen molar-refractivity contribution < 1.29 is 9.26 Å². The summed E-state index contributed by atoms with van der Waals surface area (Å²) in [5.74, 6) is 2.12. The van der Waals surface area contributed by atoms with E-state index in [1.165, 1.54) is 28.7 Å². The molecule has 1 aliphatic carbocycles. The quantitative estimate of drug-likeness (QED) is 0.364. The van der Waals surface area contributed by atoms with Crippen molar-refractivity contribution in [2.24, 2.45) is 0 Å². The van der Waals surface area contributed by atoms with Crippen LogP contribution < -0.4 is 10.1 Å². The van der Waals surface area contributed by atoms with Crippen molar-refractivity contribution >= 4 is 0 Å². The Balaban J connectivity index is 1.37. The molecule has 1 aromatic heterocycles. The molecule has 0 radical (unpaired) electrons. The van der Waals surface area contributed by atoms with Gasteiger partial charge in [-0.2, -0.15) is 0 Å². The predicted molar refractivity (Wildman–Crippen MR) is 129 cm³/mol. The van der Waals surface area contributed by atoms with Crippen LogP contribution in [0.4, 0.5) is 0 Å². The number of hydrogen-bond acceptors (Lipinski definition) is 4. The Labute approximate surface area is 192 Å². The van der Waals surface area contributed by atoms with Gasteiger partial charge in [0.1, 0.15) is 5.76 Å². The van der Waals surface area contributed by atoms with Crippen molar-refractivity contribution in [2.75, 3.05) is 13.2 Å². The van der Waals surface area contributed by atoms with E-state index in [1.54, 1.807) is 0 Å². The molecule has 4 heteroatoms. The highest BCUT2D eigenvalue weighted by Gasteiger charge is 2.28.